The highest BCUT2D eigenvalue weighted by atomic mass is 127. The molecule has 2 aromatic carbocycles. The maximum atomic E-state index is 13.0. The number of aliphatic hydroxyl groups is 1. The number of carbonyl (C=O) groups is 1. The SMILES string of the molecule is O=C(N[C@H](CO)Cc1ccccc1)[C@H]1CCCN1S(=O)(=O)c1ccc(I)cc1. The fourth-order valence-electron chi connectivity index (χ4n) is 3.39. The average molecular weight is 514 g/mol. The normalized spacial score (nSPS) is 18.7. The topological polar surface area (TPSA) is 86.7 Å². The van der Waals surface area contributed by atoms with Crippen molar-refractivity contribution in [2.24, 2.45) is 0 Å². The second kappa shape index (κ2) is 9.34. The minimum absolute atomic E-state index is 0.190. The standard InChI is InChI=1S/C20H23IN2O4S/c21-16-8-10-18(11-9-16)28(26,27)23-12-4-7-19(23)20(25)22-17(14-24)13-15-5-2-1-3-6-15/h1-3,5-6,8-11,17,19,24H,4,7,12-14H2,(H,22,25)/t17-,19+/m0/s1. The van der Waals surface area contributed by atoms with Gasteiger partial charge in [-0.3, -0.25) is 4.79 Å². The number of rotatable bonds is 7. The first-order chi connectivity index (χ1) is 13.4. The predicted octanol–water partition coefficient (Wildman–Crippen LogP) is 2.16. The molecule has 1 aliphatic heterocycles. The van der Waals surface area contributed by atoms with Crippen molar-refractivity contribution in [3.8, 4) is 0 Å². The molecule has 0 radical (unpaired) electrons. The molecular formula is C20H23IN2O4S. The van der Waals surface area contributed by atoms with Crippen molar-refractivity contribution >= 4 is 38.5 Å². The zero-order valence-corrected chi connectivity index (χ0v) is 18.3. The van der Waals surface area contributed by atoms with Crippen LogP contribution in [0.25, 0.3) is 0 Å². The van der Waals surface area contributed by atoms with Gasteiger partial charge in [0.25, 0.3) is 0 Å². The Kier molecular flexibility index (Phi) is 7.08. The van der Waals surface area contributed by atoms with Crippen LogP contribution in [0.5, 0.6) is 0 Å². The number of hydrogen-bond acceptors (Lipinski definition) is 4. The van der Waals surface area contributed by atoms with Crippen molar-refractivity contribution in [3.63, 3.8) is 0 Å². The van der Waals surface area contributed by atoms with Crippen LogP contribution >= 0.6 is 22.6 Å². The molecule has 2 aromatic rings. The van der Waals surface area contributed by atoms with Crippen LogP contribution in [0.4, 0.5) is 0 Å². The number of halogens is 1. The lowest BCUT2D eigenvalue weighted by Gasteiger charge is -2.25. The summed E-state index contributed by atoms with van der Waals surface area (Å²) in [6.45, 7) is 0.103. The van der Waals surface area contributed by atoms with Gasteiger partial charge in [0, 0.05) is 10.1 Å². The van der Waals surface area contributed by atoms with Gasteiger partial charge in [0.1, 0.15) is 6.04 Å². The Hall–Kier alpha value is -1.49. The van der Waals surface area contributed by atoms with E-state index < -0.39 is 22.1 Å². The third-order valence-electron chi connectivity index (χ3n) is 4.82. The van der Waals surface area contributed by atoms with E-state index >= 15 is 0 Å². The molecule has 2 atom stereocenters. The number of carbonyl (C=O) groups excluding carboxylic acids is 1. The molecule has 0 unspecified atom stereocenters. The molecule has 1 saturated heterocycles. The number of amides is 1. The molecule has 2 N–H and O–H groups in total. The van der Waals surface area contributed by atoms with Gasteiger partial charge in [0.15, 0.2) is 0 Å². The van der Waals surface area contributed by atoms with Crippen molar-refractivity contribution in [3.05, 3.63) is 63.7 Å². The van der Waals surface area contributed by atoms with Gasteiger partial charge in [-0.1, -0.05) is 30.3 Å². The summed E-state index contributed by atoms with van der Waals surface area (Å²) >= 11 is 2.12. The van der Waals surface area contributed by atoms with E-state index in [2.05, 4.69) is 27.9 Å². The molecule has 1 fully saturated rings. The van der Waals surface area contributed by atoms with Gasteiger partial charge >= 0.3 is 0 Å². The summed E-state index contributed by atoms with van der Waals surface area (Å²) in [6, 6.07) is 15.0. The largest absolute Gasteiger partial charge is 0.394 e. The van der Waals surface area contributed by atoms with Gasteiger partial charge in [0.05, 0.1) is 17.5 Å². The predicted molar refractivity (Wildman–Crippen MR) is 115 cm³/mol. The molecular weight excluding hydrogens is 491 g/mol. The number of benzene rings is 2. The van der Waals surface area contributed by atoms with E-state index in [1.807, 2.05) is 30.3 Å². The number of nitrogens with one attached hydrogen (secondary N) is 1. The molecule has 0 bridgehead atoms. The van der Waals surface area contributed by atoms with E-state index in [1.165, 1.54) is 4.31 Å². The smallest absolute Gasteiger partial charge is 0.243 e. The Balaban J connectivity index is 1.72. The highest BCUT2D eigenvalue weighted by Gasteiger charge is 2.39. The maximum absolute atomic E-state index is 13.0. The second-order valence-electron chi connectivity index (χ2n) is 6.81. The molecule has 0 aliphatic carbocycles. The number of aliphatic hydroxyl groups excluding tert-OH is 1. The van der Waals surface area contributed by atoms with Crippen LogP contribution in [-0.4, -0.2) is 49.0 Å². The molecule has 6 nitrogen and oxygen atoms in total. The Morgan fingerprint density at radius 1 is 1.18 bits per heavy atom. The average Bonchev–Trinajstić information content (AvgIpc) is 3.19. The van der Waals surface area contributed by atoms with E-state index in [4.69, 9.17) is 0 Å². The van der Waals surface area contributed by atoms with Gasteiger partial charge in [-0.25, -0.2) is 8.42 Å². The maximum Gasteiger partial charge on any atom is 0.243 e. The number of hydrogen-bond donors (Lipinski definition) is 2. The van der Waals surface area contributed by atoms with Crippen LogP contribution in [0, 0.1) is 3.57 Å². The van der Waals surface area contributed by atoms with Gasteiger partial charge in [-0.05, 0) is 71.7 Å². The Morgan fingerprint density at radius 3 is 2.50 bits per heavy atom. The lowest BCUT2D eigenvalue weighted by Crippen LogP contribution is -2.50. The zero-order chi connectivity index (χ0) is 20.1. The summed E-state index contributed by atoms with van der Waals surface area (Å²) in [5.41, 5.74) is 0.997. The Labute approximate surface area is 179 Å². The summed E-state index contributed by atoms with van der Waals surface area (Å²) in [7, 11) is -3.74. The lowest BCUT2D eigenvalue weighted by molar-refractivity contribution is -0.125. The fraction of sp³-hybridized carbons (Fsp3) is 0.350. The first kappa shape index (κ1) is 21.2. The van der Waals surface area contributed by atoms with Crippen molar-refractivity contribution in [2.45, 2.75) is 36.2 Å². The third-order valence-corrected chi connectivity index (χ3v) is 7.46. The Bertz CT molecular complexity index is 904. The highest BCUT2D eigenvalue weighted by Crippen LogP contribution is 2.26. The van der Waals surface area contributed by atoms with E-state index in [0.717, 1.165) is 9.13 Å². The minimum Gasteiger partial charge on any atom is -0.394 e. The molecule has 1 aliphatic rings. The van der Waals surface area contributed by atoms with Gasteiger partial charge in [-0.2, -0.15) is 4.31 Å². The zero-order valence-electron chi connectivity index (χ0n) is 15.3. The van der Waals surface area contributed by atoms with Crippen LogP contribution in [0.1, 0.15) is 18.4 Å². The van der Waals surface area contributed by atoms with E-state index in [-0.39, 0.29) is 17.4 Å². The molecule has 1 amide bonds. The molecule has 0 spiro atoms. The summed E-state index contributed by atoms with van der Waals surface area (Å²) in [5.74, 6) is -0.360. The summed E-state index contributed by atoms with van der Waals surface area (Å²) in [6.07, 6.45) is 1.59. The monoisotopic (exact) mass is 514 g/mol. The van der Waals surface area contributed by atoms with Crippen molar-refractivity contribution in [2.75, 3.05) is 13.2 Å². The van der Waals surface area contributed by atoms with Crippen LogP contribution in [0.3, 0.4) is 0 Å². The van der Waals surface area contributed by atoms with E-state index in [0.29, 0.717) is 25.8 Å². The Morgan fingerprint density at radius 2 is 1.86 bits per heavy atom. The first-order valence-corrected chi connectivity index (χ1v) is 11.7. The molecule has 8 heteroatoms. The number of sulfonamides is 1. The first-order valence-electron chi connectivity index (χ1n) is 9.14. The quantitative estimate of drug-likeness (QED) is 0.555. The molecule has 1 heterocycles. The van der Waals surface area contributed by atoms with E-state index in [9.17, 15) is 18.3 Å². The van der Waals surface area contributed by atoms with Gasteiger partial charge in [-0.15, -0.1) is 0 Å². The van der Waals surface area contributed by atoms with Crippen LogP contribution in [0.2, 0.25) is 0 Å². The van der Waals surface area contributed by atoms with Gasteiger partial charge in [0.2, 0.25) is 15.9 Å². The summed E-state index contributed by atoms with van der Waals surface area (Å²) in [4.78, 5) is 13.0. The molecule has 3 rings (SSSR count). The third kappa shape index (κ3) is 4.91. The fourth-order valence-corrected chi connectivity index (χ4v) is 5.41. The van der Waals surface area contributed by atoms with E-state index in [1.54, 1.807) is 24.3 Å². The van der Waals surface area contributed by atoms with Gasteiger partial charge < -0.3 is 10.4 Å². The molecule has 0 aromatic heterocycles. The molecule has 0 saturated carbocycles. The highest BCUT2D eigenvalue weighted by molar-refractivity contribution is 14.1. The van der Waals surface area contributed by atoms with Crippen molar-refractivity contribution in [1.82, 2.24) is 9.62 Å². The van der Waals surface area contributed by atoms with Crippen molar-refractivity contribution < 1.29 is 18.3 Å². The van der Waals surface area contributed by atoms with Crippen molar-refractivity contribution in [1.29, 1.82) is 0 Å². The second-order valence-corrected chi connectivity index (χ2v) is 9.94. The minimum atomic E-state index is -3.74. The molecule has 150 valence electrons. The van der Waals surface area contributed by atoms with Crippen LogP contribution in [0.15, 0.2) is 59.5 Å². The van der Waals surface area contributed by atoms with Crippen LogP contribution in [-0.2, 0) is 21.2 Å². The molecule has 28 heavy (non-hydrogen) atoms. The summed E-state index contributed by atoms with van der Waals surface area (Å²) in [5, 5.41) is 12.5. The number of nitrogens with zero attached hydrogens (tertiary/aromatic N) is 1. The van der Waals surface area contributed by atoms with Crippen LogP contribution < -0.4 is 5.32 Å². The summed E-state index contributed by atoms with van der Waals surface area (Å²) < 4.78 is 28.2. The lowest BCUT2D eigenvalue weighted by atomic mass is 10.1.